The molecule has 0 radical (unpaired) electrons. The minimum Gasteiger partial charge on any atom is -0.474 e. The second-order valence-electron chi connectivity index (χ2n) is 9.10. The molecule has 1 aliphatic heterocycles. The Kier molecular flexibility index (Phi) is 7.89. The van der Waals surface area contributed by atoms with Crippen LogP contribution in [0.2, 0.25) is 0 Å². The summed E-state index contributed by atoms with van der Waals surface area (Å²) in [5.41, 5.74) is -1.05. The van der Waals surface area contributed by atoms with Gasteiger partial charge in [-0.25, -0.2) is 9.78 Å². The van der Waals surface area contributed by atoms with Crippen LogP contribution in [0.15, 0.2) is 36.5 Å². The van der Waals surface area contributed by atoms with Gasteiger partial charge in [-0.1, -0.05) is 0 Å². The van der Waals surface area contributed by atoms with Gasteiger partial charge in [0.05, 0.1) is 4.92 Å². The van der Waals surface area contributed by atoms with Crippen molar-refractivity contribution in [3.8, 4) is 5.88 Å². The number of carbonyl (C=O) groups is 1. The van der Waals surface area contributed by atoms with E-state index in [4.69, 9.17) is 4.74 Å². The number of urea groups is 1. The molecule has 13 heteroatoms. The molecule has 2 heterocycles. The van der Waals surface area contributed by atoms with Gasteiger partial charge in [0.25, 0.3) is 5.69 Å². The highest BCUT2D eigenvalue weighted by molar-refractivity contribution is 5.74. The van der Waals surface area contributed by atoms with Gasteiger partial charge < -0.3 is 25.2 Å². The number of alkyl halides is 3. The van der Waals surface area contributed by atoms with Crippen LogP contribution in [0, 0.1) is 10.1 Å². The molecular formula is C24H29F3N6O4. The highest BCUT2D eigenvalue weighted by Crippen LogP contribution is 2.38. The number of nitrogens with one attached hydrogen (secondary N) is 2. The molecule has 4 rings (SSSR count). The SMILES string of the molecule is CNC(=O)N1CCN(c2ccnc(O[C@H]3CC[C@H](Nc4ccc([N+](=O)[O-])c(C(F)(F)F)c4)CC3)c2)CC1. The molecule has 0 atom stereocenters. The first-order chi connectivity index (χ1) is 17.6. The summed E-state index contributed by atoms with van der Waals surface area (Å²) in [7, 11) is 1.62. The molecule has 1 aromatic heterocycles. The lowest BCUT2D eigenvalue weighted by Crippen LogP contribution is -2.51. The van der Waals surface area contributed by atoms with E-state index in [9.17, 15) is 28.1 Å². The van der Waals surface area contributed by atoms with Crippen molar-refractivity contribution in [2.45, 2.75) is 44.0 Å². The molecule has 10 nitrogen and oxygen atoms in total. The predicted molar refractivity (Wildman–Crippen MR) is 131 cm³/mol. The van der Waals surface area contributed by atoms with E-state index in [1.807, 2.05) is 12.1 Å². The van der Waals surface area contributed by atoms with Crippen LogP contribution in [0.1, 0.15) is 31.2 Å². The Morgan fingerprint density at radius 2 is 1.81 bits per heavy atom. The zero-order valence-corrected chi connectivity index (χ0v) is 20.3. The summed E-state index contributed by atoms with van der Waals surface area (Å²) in [6.45, 7) is 2.64. The molecule has 0 spiro atoms. The van der Waals surface area contributed by atoms with Gasteiger partial charge in [0.2, 0.25) is 5.88 Å². The van der Waals surface area contributed by atoms with Crippen molar-refractivity contribution in [1.29, 1.82) is 0 Å². The third kappa shape index (κ3) is 6.52. The average molecular weight is 523 g/mol. The zero-order valence-electron chi connectivity index (χ0n) is 20.3. The molecule has 2 N–H and O–H groups in total. The Morgan fingerprint density at radius 3 is 2.43 bits per heavy atom. The average Bonchev–Trinajstić information content (AvgIpc) is 2.89. The Bertz CT molecular complexity index is 1120. The number of piperazine rings is 1. The summed E-state index contributed by atoms with van der Waals surface area (Å²) in [6, 6.07) is 6.62. The number of pyridine rings is 1. The summed E-state index contributed by atoms with van der Waals surface area (Å²) in [5, 5.41) is 16.7. The highest BCUT2D eigenvalue weighted by atomic mass is 19.4. The Hall–Kier alpha value is -3.77. The van der Waals surface area contributed by atoms with Crippen molar-refractivity contribution >= 4 is 23.1 Å². The predicted octanol–water partition coefficient (Wildman–Crippen LogP) is 4.27. The van der Waals surface area contributed by atoms with Gasteiger partial charge in [-0.05, 0) is 43.9 Å². The van der Waals surface area contributed by atoms with E-state index in [1.165, 1.54) is 6.07 Å². The zero-order chi connectivity index (χ0) is 26.6. The molecule has 2 aromatic rings. The largest absolute Gasteiger partial charge is 0.474 e. The number of amides is 2. The number of nitrogens with zero attached hydrogens (tertiary/aromatic N) is 4. The lowest BCUT2D eigenvalue weighted by Gasteiger charge is -2.36. The molecule has 1 saturated carbocycles. The maximum absolute atomic E-state index is 13.3. The fourth-order valence-corrected chi connectivity index (χ4v) is 4.73. The lowest BCUT2D eigenvalue weighted by atomic mass is 9.92. The number of benzene rings is 1. The molecule has 1 saturated heterocycles. The first-order valence-corrected chi connectivity index (χ1v) is 12.1. The number of ether oxygens (including phenoxy) is 1. The number of anilines is 2. The molecule has 2 aliphatic rings. The third-order valence-corrected chi connectivity index (χ3v) is 6.70. The molecule has 1 aliphatic carbocycles. The van der Waals surface area contributed by atoms with Gasteiger partial charge in [-0.15, -0.1) is 0 Å². The fraction of sp³-hybridized carbons (Fsp3) is 0.500. The molecule has 0 unspecified atom stereocenters. The van der Waals surface area contributed by atoms with E-state index in [1.54, 1.807) is 18.1 Å². The molecule has 2 amide bonds. The summed E-state index contributed by atoms with van der Waals surface area (Å²) < 4.78 is 45.9. The van der Waals surface area contributed by atoms with Crippen LogP contribution < -0.4 is 20.3 Å². The molecule has 37 heavy (non-hydrogen) atoms. The second kappa shape index (κ2) is 11.1. The normalized spacial score (nSPS) is 20.3. The van der Waals surface area contributed by atoms with Gasteiger partial charge in [0.1, 0.15) is 11.7 Å². The van der Waals surface area contributed by atoms with E-state index in [0.29, 0.717) is 57.7 Å². The standard InChI is InChI=1S/C24H29F3N6O4/c1-28-23(34)32-12-10-31(11-13-32)18-8-9-29-22(15-18)37-19-5-2-16(3-6-19)30-17-4-7-21(33(35)36)20(14-17)24(25,26)27/h4,7-9,14-16,19,30H,2-3,5-6,10-13H2,1H3,(H,28,34)/t16-,19-. The molecular weight excluding hydrogens is 493 g/mol. The maximum atomic E-state index is 13.3. The number of nitro groups is 1. The number of hydrogen-bond acceptors (Lipinski definition) is 7. The van der Waals surface area contributed by atoms with Gasteiger partial charge >= 0.3 is 12.2 Å². The van der Waals surface area contributed by atoms with Gasteiger partial charge in [0, 0.05) is 69.0 Å². The molecule has 1 aromatic carbocycles. The van der Waals surface area contributed by atoms with Crippen LogP contribution in [0.5, 0.6) is 5.88 Å². The van der Waals surface area contributed by atoms with E-state index in [0.717, 1.165) is 17.8 Å². The Labute approximate surface area is 211 Å². The van der Waals surface area contributed by atoms with Crippen LogP contribution in [-0.2, 0) is 6.18 Å². The van der Waals surface area contributed by atoms with Crippen molar-refractivity contribution in [2.75, 3.05) is 43.4 Å². The summed E-state index contributed by atoms with van der Waals surface area (Å²) >= 11 is 0. The number of carbonyl (C=O) groups excluding carboxylic acids is 1. The van der Waals surface area contributed by atoms with E-state index in [-0.39, 0.29) is 23.9 Å². The van der Waals surface area contributed by atoms with Gasteiger partial charge in [-0.3, -0.25) is 10.1 Å². The third-order valence-electron chi connectivity index (χ3n) is 6.70. The molecule has 2 fully saturated rings. The van der Waals surface area contributed by atoms with E-state index < -0.39 is 22.4 Å². The molecule has 0 bridgehead atoms. The quantitative estimate of drug-likeness (QED) is 0.430. The second-order valence-corrected chi connectivity index (χ2v) is 9.10. The first kappa shape index (κ1) is 26.3. The summed E-state index contributed by atoms with van der Waals surface area (Å²) in [6.07, 6.45) is -0.482. The van der Waals surface area contributed by atoms with Crippen molar-refractivity contribution in [1.82, 2.24) is 15.2 Å². The summed E-state index contributed by atoms with van der Waals surface area (Å²) in [5.74, 6) is 0.507. The topological polar surface area (TPSA) is 113 Å². The number of nitro benzene ring substituents is 1. The van der Waals surface area contributed by atoms with Crippen LogP contribution in [-0.4, -0.2) is 66.2 Å². The van der Waals surface area contributed by atoms with E-state index in [2.05, 4.69) is 20.5 Å². The van der Waals surface area contributed by atoms with Crippen LogP contribution >= 0.6 is 0 Å². The van der Waals surface area contributed by atoms with Crippen molar-refractivity contribution in [3.63, 3.8) is 0 Å². The van der Waals surface area contributed by atoms with Crippen LogP contribution in [0.25, 0.3) is 0 Å². The minimum absolute atomic E-state index is 0.0710. The van der Waals surface area contributed by atoms with Crippen molar-refractivity contribution in [3.05, 3.63) is 52.2 Å². The number of halogens is 3. The Morgan fingerprint density at radius 1 is 1.11 bits per heavy atom. The smallest absolute Gasteiger partial charge is 0.423 e. The number of hydrogen-bond donors (Lipinski definition) is 2. The maximum Gasteiger partial charge on any atom is 0.423 e. The van der Waals surface area contributed by atoms with E-state index >= 15 is 0 Å². The molecule has 200 valence electrons. The van der Waals surface area contributed by atoms with Crippen LogP contribution in [0.3, 0.4) is 0 Å². The summed E-state index contributed by atoms with van der Waals surface area (Å²) in [4.78, 5) is 30.0. The highest BCUT2D eigenvalue weighted by Gasteiger charge is 2.38. The number of aromatic nitrogens is 1. The fourth-order valence-electron chi connectivity index (χ4n) is 4.73. The van der Waals surface area contributed by atoms with Gasteiger partial charge in [0.15, 0.2) is 0 Å². The minimum atomic E-state index is -4.81. The van der Waals surface area contributed by atoms with Crippen LogP contribution in [0.4, 0.5) is 35.0 Å². The van der Waals surface area contributed by atoms with Crippen molar-refractivity contribution in [2.24, 2.45) is 0 Å². The first-order valence-electron chi connectivity index (χ1n) is 12.1. The lowest BCUT2D eigenvalue weighted by molar-refractivity contribution is -0.388. The van der Waals surface area contributed by atoms with Gasteiger partial charge in [-0.2, -0.15) is 13.2 Å². The Balaban J connectivity index is 1.30. The number of rotatable bonds is 6. The monoisotopic (exact) mass is 522 g/mol. The van der Waals surface area contributed by atoms with Crippen molar-refractivity contribution < 1.29 is 27.6 Å².